The summed E-state index contributed by atoms with van der Waals surface area (Å²) < 4.78 is 0. The van der Waals surface area contributed by atoms with E-state index in [0.29, 0.717) is 17.8 Å². The Morgan fingerprint density at radius 1 is 1.21 bits per heavy atom. The molecule has 0 saturated heterocycles. The SMILES string of the molecule is CC1CCC(C(C)C)C2=C1C(c1ccccc1)C(C(N)=O)C(=O)N2. The summed E-state index contributed by atoms with van der Waals surface area (Å²) in [5.41, 5.74) is 8.87. The molecule has 2 aliphatic rings. The van der Waals surface area contributed by atoms with Gasteiger partial charge >= 0.3 is 0 Å². The van der Waals surface area contributed by atoms with Gasteiger partial charge in [0.2, 0.25) is 11.8 Å². The molecule has 24 heavy (non-hydrogen) atoms. The van der Waals surface area contributed by atoms with E-state index in [0.717, 1.165) is 24.1 Å². The van der Waals surface area contributed by atoms with E-state index in [-0.39, 0.29) is 11.8 Å². The molecule has 1 heterocycles. The zero-order chi connectivity index (χ0) is 17.4. The Morgan fingerprint density at radius 2 is 1.88 bits per heavy atom. The number of primary amides is 1. The third kappa shape index (κ3) is 2.74. The third-order valence-electron chi connectivity index (χ3n) is 5.60. The number of hydrogen-bond donors (Lipinski definition) is 2. The Morgan fingerprint density at radius 3 is 2.46 bits per heavy atom. The Labute approximate surface area is 143 Å². The molecule has 0 fully saturated rings. The number of carbonyl (C=O) groups excluding carboxylic acids is 2. The zero-order valence-electron chi connectivity index (χ0n) is 14.6. The highest BCUT2D eigenvalue weighted by Gasteiger charge is 2.46. The van der Waals surface area contributed by atoms with Crippen molar-refractivity contribution >= 4 is 11.8 Å². The first-order valence-electron chi connectivity index (χ1n) is 8.80. The van der Waals surface area contributed by atoms with E-state index in [2.05, 4.69) is 26.1 Å². The van der Waals surface area contributed by atoms with E-state index in [4.69, 9.17) is 5.73 Å². The first kappa shape index (κ1) is 16.7. The number of carbonyl (C=O) groups is 2. The number of allylic oxidation sites excluding steroid dienone is 2. The van der Waals surface area contributed by atoms with E-state index >= 15 is 0 Å². The van der Waals surface area contributed by atoms with Crippen LogP contribution in [0.1, 0.15) is 45.1 Å². The van der Waals surface area contributed by atoms with Gasteiger partial charge in [0.25, 0.3) is 0 Å². The first-order chi connectivity index (χ1) is 11.4. The molecule has 4 heteroatoms. The molecule has 3 rings (SSSR count). The van der Waals surface area contributed by atoms with Gasteiger partial charge in [0.15, 0.2) is 0 Å². The van der Waals surface area contributed by atoms with Crippen LogP contribution in [0.25, 0.3) is 0 Å². The molecule has 0 radical (unpaired) electrons. The van der Waals surface area contributed by atoms with Crippen molar-refractivity contribution in [2.24, 2.45) is 29.4 Å². The minimum Gasteiger partial charge on any atom is -0.369 e. The van der Waals surface area contributed by atoms with E-state index < -0.39 is 11.8 Å². The quantitative estimate of drug-likeness (QED) is 0.838. The van der Waals surface area contributed by atoms with E-state index in [1.807, 2.05) is 30.3 Å². The predicted molar refractivity (Wildman–Crippen MR) is 93.8 cm³/mol. The second-order valence-electron chi connectivity index (χ2n) is 7.46. The van der Waals surface area contributed by atoms with Crippen molar-refractivity contribution in [1.82, 2.24) is 5.32 Å². The van der Waals surface area contributed by atoms with E-state index in [1.165, 1.54) is 5.57 Å². The summed E-state index contributed by atoms with van der Waals surface area (Å²) in [5, 5.41) is 3.05. The summed E-state index contributed by atoms with van der Waals surface area (Å²) in [5.74, 6) is -0.766. The van der Waals surface area contributed by atoms with Crippen LogP contribution in [0.4, 0.5) is 0 Å². The molecule has 4 nitrogen and oxygen atoms in total. The standard InChI is InChI=1S/C20H26N2O2/c1-11(2)14-10-9-12(3)15-16(13-7-5-4-6-8-13)17(19(21)23)20(24)22-18(14)15/h4-8,11-12,14,16-17H,9-10H2,1-3H3,(H2,21,23)(H,22,24). The van der Waals surface area contributed by atoms with Crippen LogP contribution in [-0.2, 0) is 9.59 Å². The summed E-state index contributed by atoms with van der Waals surface area (Å²) in [6.07, 6.45) is 2.15. The summed E-state index contributed by atoms with van der Waals surface area (Å²) in [6.45, 7) is 6.57. The molecule has 1 aromatic carbocycles. The van der Waals surface area contributed by atoms with E-state index in [1.54, 1.807) is 0 Å². The molecule has 1 aromatic rings. The fourth-order valence-electron chi connectivity index (χ4n) is 4.38. The number of nitrogens with one attached hydrogen (secondary N) is 1. The van der Waals surface area contributed by atoms with Crippen molar-refractivity contribution in [2.45, 2.75) is 39.5 Å². The van der Waals surface area contributed by atoms with Crippen molar-refractivity contribution in [1.29, 1.82) is 0 Å². The smallest absolute Gasteiger partial charge is 0.237 e. The Kier molecular flexibility index (Phi) is 4.48. The van der Waals surface area contributed by atoms with Crippen LogP contribution in [0, 0.1) is 23.7 Å². The van der Waals surface area contributed by atoms with Crippen molar-refractivity contribution in [3.63, 3.8) is 0 Å². The second kappa shape index (κ2) is 6.42. The summed E-state index contributed by atoms with van der Waals surface area (Å²) >= 11 is 0. The van der Waals surface area contributed by atoms with Crippen molar-refractivity contribution in [2.75, 3.05) is 0 Å². The minimum absolute atomic E-state index is 0.246. The van der Waals surface area contributed by atoms with Crippen molar-refractivity contribution < 1.29 is 9.59 Å². The average molecular weight is 326 g/mol. The fraction of sp³-hybridized carbons (Fsp3) is 0.500. The van der Waals surface area contributed by atoms with Crippen molar-refractivity contribution in [3.05, 3.63) is 47.2 Å². The van der Waals surface area contributed by atoms with Gasteiger partial charge in [-0.1, -0.05) is 51.1 Å². The second-order valence-corrected chi connectivity index (χ2v) is 7.46. The van der Waals surface area contributed by atoms with Crippen LogP contribution < -0.4 is 11.1 Å². The lowest BCUT2D eigenvalue weighted by Crippen LogP contribution is -2.50. The maximum Gasteiger partial charge on any atom is 0.237 e. The van der Waals surface area contributed by atoms with Crippen LogP contribution in [-0.4, -0.2) is 11.8 Å². The molecule has 0 spiro atoms. The van der Waals surface area contributed by atoms with E-state index in [9.17, 15) is 9.59 Å². The Hall–Kier alpha value is -2.10. The largest absolute Gasteiger partial charge is 0.369 e. The number of hydrogen-bond acceptors (Lipinski definition) is 2. The molecule has 0 saturated carbocycles. The van der Waals surface area contributed by atoms with Gasteiger partial charge in [0.1, 0.15) is 5.92 Å². The lowest BCUT2D eigenvalue weighted by atomic mass is 9.65. The van der Waals surface area contributed by atoms with Gasteiger partial charge in [-0.15, -0.1) is 0 Å². The Balaban J connectivity index is 2.20. The molecule has 128 valence electrons. The molecule has 4 unspecified atom stereocenters. The third-order valence-corrected chi connectivity index (χ3v) is 5.60. The molecule has 4 atom stereocenters. The summed E-state index contributed by atoms with van der Waals surface area (Å²) in [6, 6.07) is 9.84. The molecule has 1 aliphatic heterocycles. The lowest BCUT2D eigenvalue weighted by molar-refractivity contribution is -0.134. The molecular formula is C20H26N2O2. The van der Waals surface area contributed by atoms with Gasteiger partial charge in [-0.25, -0.2) is 0 Å². The highest BCUT2D eigenvalue weighted by Crippen LogP contribution is 2.48. The predicted octanol–water partition coefficient (Wildman–Crippen LogP) is 2.96. The number of amides is 2. The zero-order valence-corrected chi connectivity index (χ0v) is 14.6. The molecular weight excluding hydrogens is 300 g/mol. The van der Waals surface area contributed by atoms with Gasteiger partial charge in [-0.05, 0) is 35.8 Å². The van der Waals surface area contributed by atoms with Gasteiger partial charge in [-0.2, -0.15) is 0 Å². The number of benzene rings is 1. The summed E-state index contributed by atoms with van der Waals surface area (Å²) in [7, 11) is 0. The number of nitrogens with two attached hydrogens (primary N) is 1. The van der Waals surface area contributed by atoms with Gasteiger partial charge < -0.3 is 11.1 Å². The van der Waals surface area contributed by atoms with Crippen LogP contribution in [0.15, 0.2) is 41.6 Å². The molecule has 0 bridgehead atoms. The van der Waals surface area contributed by atoms with Crippen LogP contribution in [0.5, 0.6) is 0 Å². The molecule has 3 N–H and O–H groups in total. The van der Waals surface area contributed by atoms with Crippen LogP contribution in [0.3, 0.4) is 0 Å². The monoisotopic (exact) mass is 326 g/mol. The lowest BCUT2D eigenvalue weighted by Gasteiger charge is -2.43. The fourth-order valence-corrected chi connectivity index (χ4v) is 4.38. The minimum atomic E-state index is -0.834. The average Bonchev–Trinajstić information content (AvgIpc) is 2.54. The maximum absolute atomic E-state index is 12.7. The summed E-state index contributed by atoms with van der Waals surface area (Å²) in [4.78, 5) is 24.8. The van der Waals surface area contributed by atoms with Crippen LogP contribution >= 0.6 is 0 Å². The molecule has 2 amide bonds. The van der Waals surface area contributed by atoms with Crippen LogP contribution in [0.2, 0.25) is 0 Å². The van der Waals surface area contributed by atoms with Gasteiger partial charge in [-0.3, -0.25) is 9.59 Å². The highest BCUT2D eigenvalue weighted by molar-refractivity contribution is 6.02. The van der Waals surface area contributed by atoms with Crippen molar-refractivity contribution in [3.8, 4) is 0 Å². The van der Waals surface area contributed by atoms with Gasteiger partial charge in [0, 0.05) is 17.5 Å². The topological polar surface area (TPSA) is 72.2 Å². The Bertz CT molecular complexity index is 678. The van der Waals surface area contributed by atoms with Gasteiger partial charge in [0.05, 0.1) is 0 Å². The molecule has 1 aliphatic carbocycles. The number of rotatable bonds is 3. The first-order valence-corrected chi connectivity index (χ1v) is 8.80. The molecule has 0 aromatic heterocycles. The highest BCUT2D eigenvalue weighted by atomic mass is 16.2. The maximum atomic E-state index is 12.7. The normalized spacial score (nSPS) is 30.1.